The standard InChI is InChI=1S/C10H14N2O/c1-7(11)10(12)6-8-2-4-9(13)5-3-8/h2-5,10,13H,1,6,11-12H2. The van der Waals surface area contributed by atoms with Gasteiger partial charge in [-0.25, -0.2) is 0 Å². The maximum absolute atomic E-state index is 9.03. The predicted molar refractivity (Wildman–Crippen MR) is 53.1 cm³/mol. The van der Waals surface area contributed by atoms with Crippen LogP contribution in [0.1, 0.15) is 5.56 Å². The zero-order valence-corrected chi connectivity index (χ0v) is 7.40. The van der Waals surface area contributed by atoms with E-state index in [1.807, 2.05) is 12.1 Å². The largest absolute Gasteiger partial charge is 0.508 e. The lowest BCUT2D eigenvalue weighted by Gasteiger charge is -2.10. The van der Waals surface area contributed by atoms with Crippen LogP contribution < -0.4 is 11.5 Å². The van der Waals surface area contributed by atoms with Crippen LogP contribution in [0.5, 0.6) is 5.75 Å². The van der Waals surface area contributed by atoms with Gasteiger partial charge in [0.25, 0.3) is 0 Å². The van der Waals surface area contributed by atoms with E-state index < -0.39 is 0 Å². The molecule has 1 atom stereocenters. The van der Waals surface area contributed by atoms with Crippen molar-refractivity contribution in [3.05, 3.63) is 42.1 Å². The summed E-state index contributed by atoms with van der Waals surface area (Å²) in [5.74, 6) is 0.254. The monoisotopic (exact) mass is 178 g/mol. The summed E-state index contributed by atoms with van der Waals surface area (Å²) in [5, 5.41) is 9.03. The average Bonchev–Trinajstić information content (AvgIpc) is 2.08. The molecule has 1 rings (SSSR count). The van der Waals surface area contributed by atoms with Crippen molar-refractivity contribution < 1.29 is 5.11 Å². The molecule has 0 aliphatic rings. The van der Waals surface area contributed by atoms with E-state index in [-0.39, 0.29) is 11.8 Å². The van der Waals surface area contributed by atoms with Crippen molar-refractivity contribution in [1.29, 1.82) is 0 Å². The van der Waals surface area contributed by atoms with Crippen molar-refractivity contribution >= 4 is 0 Å². The average molecular weight is 178 g/mol. The number of aromatic hydroxyl groups is 1. The van der Waals surface area contributed by atoms with E-state index in [4.69, 9.17) is 16.6 Å². The molecule has 0 fully saturated rings. The van der Waals surface area contributed by atoms with Crippen molar-refractivity contribution in [1.82, 2.24) is 0 Å². The molecule has 0 aliphatic carbocycles. The second-order valence-electron chi connectivity index (χ2n) is 3.05. The second kappa shape index (κ2) is 3.96. The number of benzene rings is 1. The summed E-state index contributed by atoms with van der Waals surface area (Å²) < 4.78 is 0. The van der Waals surface area contributed by atoms with Crippen LogP contribution in [0, 0.1) is 0 Å². The van der Waals surface area contributed by atoms with Gasteiger partial charge in [-0.3, -0.25) is 0 Å². The molecule has 0 saturated heterocycles. The van der Waals surface area contributed by atoms with Crippen LogP contribution in [0.2, 0.25) is 0 Å². The molecule has 13 heavy (non-hydrogen) atoms. The molecule has 1 aromatic carbocycles. The van der Waals surface area contributed by atoms with Gasteiger partial charge in [-0.2, -0.15) is 0 Å². The molecule has 1 aromatic rings. The number of hydrogen-bond acceptors (Lipinski definition) is 3. The van der Waals surface area contributed by atoms with E-state index in [1.165, 1.54) is 0 Å². The molecule has 3 heteroatoms. The third-order valence-electron chi connectivity index (χ3n) is 1.87. The molecule has 5 N–H and O–H groups in total. The Morgan fingerprint density at radius 3 is 2.38 bits per heavy atom. The maximum Gasteiger partial charge on any atom is 0.115 e. The van der Waals surface area contributed by atoms with E-state index in [0.717, 1.165) is 5.56 Å². The normalized spacial score (nSPS) is 12.4. The lowest BCUT2D eigenvalue weighted by molar-refractivity contribution is 0.475. The van der Waals surface area contributed by atoms with Gasteiger partial charge in [0, 0.05) is 11.7 Å². The number of phenolic OH excluding ortho intramolecular Hbond substituents is 1. The molecule has 1 unspecified atom stereocenters. The van der Waals surface area contributed by atoms with Gasteiger partial charge in [-0.1, -0.05) is 18.7 Å². The fraction of sp³-hybridized carbons (Fsp3) is 0.200. The van der Waals surface area contributed by atoms with Crippen LogP contribution in [0.4, 0.5) is 0 Å². The number of nitrogens with two attached hydrogens (primary N) is 2. The molecular weight excluding hydrogens is 164 g/mol. The van der Waals surface area contributed by atoms with E-state index >= 15 is 0 Å². The molecule has 0 aromatic heterocycles. The van der Waals surface area contributed by atoms with Crippen LogP contribution in [0.15, 0.2) is 36.5 Å². The van der Waals surface area contributed by atoms with Crippen molar-refractivity contribution in [2.24, 2.45) is 11.5 Å². The van der Waals surface area contributed by atoms with Crippen LogP contribution >= 0.6 is 0 Å². The summed E-state index contributed by atoms with van der Waals surface area (Å²) in [6, 6.07) is 6.67. The molecule has 0 bridgehead atoms. The van der Waals surface area contributed by atoms with Gasteiger partial charge in [0.15, 0.2) is 0 Å². The van der Waals surface area contributed by atoms with Gasteiger partial charge >= 0.3 is 0 Å². The summed E-state index contributed by atoms with van der Waals surface area (Å²) in [7, 11) is 0. The van der Waals surface area contributed by atoms with Crippen LogP contribution in [0.3, 0.4) is 0 Å². The molecular formula is C10H14N2O. The first-order valence-corrected chi connectivity index (χ1v) is 4.07. The lowest BCUT2D eigenvalue weighted by Crippen LogP contribution is -2.28. The fourth-order valence-corrected chi connectivity index (χ4v) is 1.02. The first-order chi connectivity index (χ1) is 6.09. The SMILES string of the molecule is C=C(N)C(N)Cc1ccc(O)cc1. The number of hydrogen-bond donors (Lipinski definition) is 3. The third kappa shape index (κ3) is 2.80. The van der Waals surface area contributed by atoms with Crippen molar-refractivity contribution in [3.8, 4) is 5.75 Å². The molecule has 0 radical (unpaired) electrons. The Balaban J connectivity index is 2.64. The highest BCUT2D eigenvalue weighted by atomic mass is 16.3. The molecule has 0 heterocycles. The highest BCUT2D eigenvalue weighted by Crippen LogP contribution is 2.11. The van der Waals surface area contributed by atoms with Gasteiger partial charge in [0.05, 0.1) is 0 Å². The van der Waals surface area contributed by atoms with Gasteiger partial charge < -0.3 is 16.6 Å². The number of rotatable bonds is 3. The van der Waals surface area contributed by atoms with Crippen LogP contribution in [-0.4, -0.2) is 11.1 Å². The summed E-state index contributed by atoms with van der Waals surface area (Å²) in [6.07, 6.45) is 0.648. The minimum absolute atomic E-state index is 0.218. The molecule has 0 amide bonds. The Kier molecular flexibility index (Phi) is 2.93. The Labute approximate surface area is 77.7 Å². The van der Waals surface area contributed by atoms with Crippen molar-refractivity contribution in [3.63, 3.8) is 0 Å². The summed E-state index contributed by atoms with van der Waals surface area (Å²) in [5.41, 5.74) is 12.7. The zero-order valence-electron chi connectivity index (χ0n) is 7.40. The fourth-order valence-electron chi connectivity index (χ4n) is 1.02. The highest BCUT2D eigenvalue weighted by molar-refractivity contribution is 5.27. The van der Waals surface area contributed by atoms with Crippen molar-refractivity contribution in [2.45, 2.75) is 12.5 Å². The molecule has 0 aliphatic heterocycles. The predicted octanol–water partition coefficient (Wildman–Crippen LogP) is 0.734. The van der Waals surface area contributed by atoms with Crippen LogP contribution in [-0.2, 0) is 6.42 Å². The van der Waals surface area contributed by atoms with E-state index in [1.54, 1.807) is 12.1 Å². The Morgan fingerprint density at radius 1 is 1.38 bits per heavy atom. The van der Waals surface area contributed by atoms with Gasteiger partial charge in [0.1, 0.15) is 5.75 Å². The zero-order chi connectivity index (χ0) is 9.84. The first kappa shape index (κ1) is 9.61. The molecule has 70 valence electrons. The smallest absolute Gasteiger partial charge is 0.115 e. The van der Waals surface area contributed by atoms with Gasteiger partial charge in [-0.05, 0) is 24.1 Å². The minimum atomic E-state index is -0.218. The van der Waals surface area contributed by atoms with E-state index in [0.29, 0.717) is 12.1 Å². The third-order valence-corrected chi connectivity index (χ3v) is 1.87. The van der Waals surface area contributed by atoms with E-state index in [9.17, 15) is 0 Å². The quantitative estimate of drug-likeness (QED) is 0.639. The molecule has 3 nitrogen and oxygen atoms in total. The van der Waals surface area contributed by atoms with Gasteiger partial charge in [-0.15, -0.1) is 0 Å². The van der Waals surface area contributed by atoms with Crippen LogP contribution in [0.25, 0.3) is 0 Å². The second-order valence-corrected chi connectivity index (χ2v) is 3.05. The minimum Gasteiger partial charge on any atom is -0.508 e. The molecule has 0 spiro atoms. The van der Waals surface area contributed by atoms with E-state index in [2.05, 4.69) is 6.58 Å². The summed E-state index contributed by atoms with van der Waals surface area (Å²) in [6.45, 7) is 3.57. The Bertz CT molecular complexity index is 292. The number of phenols is 1. The molecule has 0 saturated carbocycles. The topological polar surface area (TPSA) is 72.3 Å². The first-order valence-electron chi connectivity index (χ1n) is 4.07. The van der Waals surface area contributed by atoms with Crippen molar-refractivity contribution in [2.75, 3.05) is 0 Å². The van der Waals surface area contributed by atoms with Gasteiger partial charge in [0.2, 0.25) is 0 Å². The summed E-state index contributed by atoms with van der Waals surface area (Å²) >= 11 is 0. The highest BCUT2D eigenvalue weighted by Gasteiger charge is 2.04. The Morgan fingerprint density at radius 2 is 1.92 bits per heavy atom. The maximum atomic E-state index is 9.03. The summed E-state index contributed by atoms with van der Waals surface area (Å²) in [4.78, 5) is 0. The lowest BCUT2D eigenvalue weighted by atomic mass is 10.1. The Hall–Kier alpha value is -1.48.